The first-order chi connectivity index (χ1) is 12.4. The van der Waals surface area contributed by atoms with E-state index >= 15 is 0 Å². The Morgan fingerprint density at radius 2 is 1.92 bits per heavy atom. The molecule has 132 valence electrons. The molecule has 0 aliphatic carbocycles. The van der Waals surface area contributed by atoms with Gasteiger partial charge in [-0.25, -0.2) is 8.42 Å². The van der Waals surface area contributed by atoms with Gasteiger partial charge in [0.1, 0.15) is 0 Å². The van der Waals surface area contributed by atoms with Gasteiger partial charge in [0.2, 0.25) is 5.91 Å². The molecule has 2 aromatic carbocycles. The molecule has 0 saturated carbocycles. The second-order valence-electron chi connectivity index (χ2n) is 6.25. The number of hydrogen-bond acceptors (Lipinski definition) is 5. The molecule has 0 saturated heterocycles. The van der Waals surface area contributed by atoms with Crippen LogP contribution in [0.25, 0.3) is 10.9 Å². The van der Waals surface area contributed by atoms with Crippen LogP contribution in [0.3, 0.4) is 0 Å². The number of anilines is 3. The number of rotatable bonds is 3. The lowest BCUT2D eigenvalue weighted by Crippen LogP contribution is -2.05. The summed E-state index contributed by atoms with van der Waals surface area (Å²) in [5.41, 5.74) is 3.85. The first kappa shape index (κ1) is 16.5. The number of aromatic nitrogens is 1. The van der Waals surface area contributed by atoms with Gasteiger partial charge in [-0.05, 0) is 48.4 Å². The number of amides is 1. The molecule has 2 N–H and O–H groups in total. The van der Waals surface area contributed by atoms with E-state index in [9.17, 15) is 13.2 Å². The molecule has 1 amide bonds. The highest BCUT2D eigenvalue weighted by Gasteiger charge is 2.28. The molecule has 3 aromatic rings. The Balaban J connectivity index is 1.81. The van der Waals surface area contributed by atoms with E-state index in [0.717, 1.165) is 27.8 Å². The number of pyridine rings is 1. The van der Waals surface area contributed by atoms with Crippen LogP contribution < -0.4 is 10.6 Å². The minimum atomic E-state index is -3.21. The number of benzene rings is 2. The third kappa shape index (κ3) is 2.90. The molecule has 0 spiro atoms. The molecule has 0 atom stereocenters. The van der Waals surface area contributed by atoms with Crippen molar-refractivity contribution in [1.29, 1.82) is 0 Å². The second-order valence-corrected chi connectivity index (χ2v) is 8.33. The molecule has 1 aliphatic rings. The number of sulfone groups is 1. The summed E-state index contributed by atoms with van der Waals surface area (Å²) in [7, 11) is -3.21. The maximum atomic E-state index is 12.2. The highest BCUT2D eigenvalue weighted by Crippen LogP contribution is 2.36. The van der Waals surface area contributed by atoms with Gasteiger partial charge in [-0.3, -0.25) is 9.78 Å². The number of aryl methyl sites for hydroxylation is 1. The SMILES string of the molecule is CC(=O)Nc1cccc(Nc2ccnc3ccc4c(c23)CCS4(=O)=O)c1. The molecule has 26 heavy (non-hydrogen) atoms. The van der Waals surface area contributed by atoms with Gasteiger partial charge in [0.05, 0.1) is 16.2 Å². The highest BCUT2D eigenvalue weighted by molar-refractivity contribution is 7.91. The van der Waals surface area contributed by atoms with E-state index in [1.165, 1.54) is 6.92 Å². The minimum absolute atomic E-state index is 0.133. The zero-order valence-corrected chi connectivity index (χ0v) is 14.9. The van der Waals surface area contributed by atoms with E-state index in [1.807, 2.05) is 30.3 Å². The van der Waals surface area contributed by atoms with Crippen LogP contribution in [0.4, 0.5) is 17.1 Å². The Morgan fingerprint density at radius 3 is 2.73 bits per heavy atom. The van der Waals surface area contributed by atoms with Crippen molar-refractivity contribution in [2.75, 3.05) is 16.4 Å². The number of nitrogens with one attached hydrogen (secondary N) is 2. The van der Waals surface area contributed by atoms with Gasteiger partial charge in [-0.1, -0.05) is 6.07 Å². The zero-order chi connectivity index (χ0) is 18.3. The summed E-state index contributed by atoms with van der Waals surface area (Å²) in [5, 5.41) is 6.91. The van der Waals surface area contributed by atoms with Crippen molar-refractivity contribution in [2.24, 2.45) is 0 Å². The summed E-state index contributed by atoms with van der Waals surface area (Å²) in [4.78, 5) is 16.0. The Labute approximate surface area is 151 Å². The summed E-state index contributed by atoms with van der Waals surface area (Å²) in [6.45, 7) is 1.46. The summed E-state index contributed by atoms with van der Waals surface area (Å²) >= 11 is 0. The highest BCUT2D eigenvalue weighted by atomic mass is 32.2. The third-order valence-electron chi connectivity index (χ3n) is 4.39. The first-order valence-corrected chi connectivity index (χ1v) is 9.87. The molecular formula is C19H17N3O3S. The van der Waals surface area contributed by atoms with Crippen LogP contribution in [0, 0.1) is 0 Å². The van der Waals surface area contributed by atoms with Crippen LogP contribution >= 0.6 is 0 Å². The van der Waals surface area contributed by atoms with Crippen LogP contribution in [-0.2, 0) is 21.1 Å². The van der Waals surface area contributed by atoms with E-state index in [0.29, 0.717) is 17.0 Å². The average molecular weight is 367 g/mol. The molecule has 1 aromatic heterocycles. The quantitative estimate of drug-likeness (QED) is 0.742. The smallest absolute Gasteiger partial charge is 0.221 e. The van der Waals surface area contributed by atoms with Gasteiger partial charge in [-0.2, -0.15) is 0 Å². The van der Waals surface area contributed by atoms with Crippen molar-refractivity contribution >= 4 is 43.7 Å². The lowest BCUT2D eigenvalue weighted by atomic mass is 10.0. The van der Waals surface area contributed by atoms with Crippen molar-refractivity contribution in [3.8, 4) is 0 Å². The molecule has 0 radical (unpaired) electrons. The minimum Gasteiger partial charge on any atom is -0.355 e. The predicted molar refractivity (Wildman–Crippen MR) is 102 cm³/mol. The van der Waals surface area contributed by atoms with Crippen LogP contribution in [0.2, 0.25) is 0 Å². The fourth-order valence-corrected chi connectivity index (χ4v) is 4.87. The molecular weight excluding hydrogens is 350 g/mol. The lowest BCUT2D eigenvalue weighted by molar-refractivity contribution is -0.114. The predicted octanol–water partition coefficient (Wildman–Crippen LogP) is 3.27. The Morgan fingerprint density at radius 1 is 1.12 bits per heavy atom. The fraction of sp³-hybridized carbons (Fsp3) is 0.158. The molecule has 0 unspecified atom stereocenters. The Kier molecular flexibility index (Phi) is 3.88. The topological polar surface area (TPSA) is 88.2 Å². The van der Waals surface area contributed by atoms with Crippen molar-refractivity contribution in [3.63, 3.8) is 0 Å². The van der Waals surface area contributed by atoms with Crippen LogP contribution in [0.1, 0.15) is 12.5 Å². The van der Waals surface area contributed by atoms with Crippen molar-refractivity contribution < 1.29 is 13.2 Å². The van der Waals surface area contributed by atoms with E-state index in [4.69, 9.17) is 0 Å². The molecule has 0 fully saturated rings. The van der Waals surface area contributed by atoms with Crippen molar-refractivity contribution in [3.05, 3.63) is 54.2 Å². The monoisotopic (exact) mass is 367 g/mol. The lowest BCUT2D eigenvalue weighted by Gasteiger charge is -2.13. The van der Waals surface area contributed by atoms with Crippen molar-refractivity contribution in [1.82, 2.24) is 4.98 Å². The van der Waals surface area contributed by atoms with Crippen LogP contribution in [0.5, 0.6) is 0 Å². The fourth-order valence-electron chi connectivity index (χ4n) is 3.32. The molecule has 6 nitrogen and oxygen atoms in total. The van der Waals surface area contributed by atoms with Gasteiger partial charge in [0.15, 0.2) is 9.84 Å². The molecule has 2 heterocycles. The largest absolute Gasteiger partial charge is 0.355 e. The van der Waals surface area contributed by atoms with Crippen LogP contribution in [0.15, 0.2) is 53.6 Å². The summed E-state index contributed by atoms with van der Waals surface area (Å²) < 4.78 is 24.5. The summed E-state index contributed by atoms with van der Waals surface area (Å²) in [6, 6.07) is 12.6. The van der Waals surface area contributed by atoms with Gasteiger partial charge in [0.25, 0.3) is 0 Å². The summed E-state index contributed by atoms with van der Waals surface area (Å²) in [6.07, 6.45) is 2.18. The zero-order valence-electron chi connectivity index (χ0n) is 14.1. The molecule has 0 bridgehead atoms. The third-order valence-corrected chi connectivity index (χ3v) is 6.18. The maximum absolute atomic E-state index is 12.2. The van der Waals surface area contributed by atoms with E-state index in [-0.39, 0.29) is 11.7 Å². The Hall–Kier alpha value is -2.93. The first-order valence-electron chi connectivity index (χ1n) is 8.22. The van der Waals surface area contributed by atoms with Gasteiger partial charge in [-0.15, -0.1) is 0 Å². The van der Waals surface area contributed by atoms with Gasteiger partial charge < -0.3 is 10.6 Å². The molecule has 4 rings (SSSR count). The summed E-state index contributed by atoms with van der Waals surface area (Å²) in [5.74, 6) is -0.00658. The van der Waals surface area contributed by atoms with Crippen molar-refractivity contribution in [2.45, 2.75) is 18.2 Å². The Bertz CT molecular complexity index is 1140. The number of hydrogen-bond donors (Lipinski definition) is 2. The number of carbonyl (C=O) groups excluding carboxylic acids is 1. The molecule has 7 heteroatoms. The van der Waals surface area contributed by atoms with Gasteiger partial charge in [0, 0.05) is 35.6 Å². The van der Waals surface area contributed by atoms with Gasteiger partial charge >= 0.3 is 0 Å². The normalized spacial score (nSPS) is 14.8. The maximum Gasteiger partial charge on any atom is 0.221 e. The second kappa shape index (κ2) is 6.10. The number of nitrogens with zero attached hydrogens (tertiary/aromatic N) is 1. The van der Waals surface area contributed by atoms with Crippen LogP contribution in [-0.4, -0.2) is 25.1 Å². The van der Waals surface area contributed by atoms with E-state index < -0.39 is 9.84 Å². The van der Waals surface area contributed by atoms with E-state index in [2.05, 4.69) is 15.6 Å². The number of carbonyl (C=O) groups is 1. The number of fused-ring (bicyclic) bond motifs is 3. The average Bonchev–Trinajstić information content (AvgIpc) is 2.90. The molecule has 1 aliphatic heterocycles. The van der Waals surface area contributed by atoms with E-state index in [1.54, 1.807) is 18.3 Å². The standard InChI is InChI=1S/C19H17N3O3S/c1-12(23)21-13-3-2-4-14(11-13)22-17-7-9-20-16-5-6-18-15(19(16)17)8-10-26(18,24)25/h2-7,9,11H,8,10H2,1H3,(H,20,22)(H,21,23).